The molecular weight excluding hydrogens is 270 g/mol. The zero-order valence-electron chi connectivity index (χ0n) is 9.37. The van der Waals surface area contributed by atoms with Crippen molar-refractivity contribution in [2.45, 2.75) is 19.8 Å². The zero-order chi connectivity index (χ0) is 12.1. The van der Waals surface area contributed by atoms with Gasteiger partial charge in [-0.1, -0.05) is 28.1 Å². The number of aryl methyl sites for hydroxylation is 1. The summed E-state index contributed by atoms with van der Waals surface area (Å²) in [5.74, 6) is -0.365. The molecule has 0 N–H and O–H groups in total. The van der Waals surface area contributed by atoms with Gasteiger partial charge in [-0.3, -0.25) is 14.5 Å². The van der Waals surface area contributed by atoms with Crippen LogP contribution in [0.2, 0.25) is 0 Å². The molecule has 0 saturated heterocycles. The molecule has 3 nitrogen and oxygen atoms in total. The second-order valence-electron chi connectivity index (χ2n) is 3.60. The van der Waals surface area contributed by atoms with Gasteiger partial charge in [0, 0.05) is 24.9 Å². The van der Waals surface area contributed by atoms with Crippen molar-refractivity contribution < 1.29 is 9.59 Å². The summed E-state index contributed by atoms with van der Waals surface area (Å²) in [6, 6.07) is 7.80. The van der Waals surface area contributed by atoms with Gasteiger partial charge in [-0.15, -0.1) is 0 Å². The maximum Gasteiger partial charge on any atom is 0.229 e. The van der Waals surface area contributed by atoms with E-state index < -0.39 is 0 Å². The van der Waals surface area contributed by atoms with Crippen molar-refractivity contribution in [3.63, 3.8) is 0 Å². The first-order valence-corrected chi connectivity index (χ1v) is 5.81. The second-order valence-corrected chi connectivity index (χ2v) is 4.51. The number of imide groups is 1. The molecule has 0 aliphatic carbocycles. The summed E-state index contributed by atoms with van der Waals surface area (Å²) in [5, 5.41) is 0. The zero-order valence-corrected chi connectivity index (χ0v) is 11.0. The van der Waals surface area contributed by atoms with Crippen LogP contribution in [0.3, 0.4) is 0 Å². The van der Waals surface area contributed by atoms with E-state index in [0.29, 0.717) is 12.8 Å². The third kappa shape index (κ3) is 3.77. The Kier molecular flexibility index (Phi) is 4.68. The Hall–Kier alpha value is -1.16. The van der Waals surface area contributed by atoms with Crippen molar-refractivity contribution in [1.82, 2.24) is 4.90 Å². The average molecular weight is 284 g/mol. The van der Waals surface area contributed by atoms with Gasteiger partial charge in [-0.05, 0) is 24.1 Å². The Morgan fingerprint density at radius 3 is 2.31 bits per heavy atom. The summed E-state index contributed by atoms with van der Waals surface area (Å²) in [6.07, 6.45) is 1.02. The molecule has 4 heteroatoms. The number of carbonyl (C=O) groups excluding carboxylic acids is 2. The monoisotopic (exact) mass is 283 g/mol. The molecule has 0 atom stereocenters. The summed E-state index contributed by atoms with van der Waals surface area (Å²) in [4.78, 5) is 23.6. The van der Waals surface area contributed by atoms with Crippen molar-refractivity contribution >= 4 is 27.7 Å². The van der Waals surface area contributed by atoms with Crippen LogP contribution in [-0.4, -0.2) is 23.8 Å². The van der Waals surface area contributed by atoms with Gasteiger partial charge in [-0.25, -0.2) is 0 Å². The van der Waals surface area contributed by atoms with Gasteiger partial charge in [0.2, 0.25) is 11.8 Å². The molecule has 16 heavy (non-hydrogen) atoms. The van der Waals surface area contributed by atoms with Gasteiger partial charge < -0.3 is 0 Å². The summed E-state index contributed by atoms with van der Waals surface area (Å²) in [6.45, 7) is 1.39. The summed E-state index contributed by atoms with van der Waals surface area (Å²) >= 11 is 3.35. The van der Waals surface area contributed by atoms with Gasteiger partial charge in [0.25, 0.3) is 0 Å². The lowest BCUT2D eigenvalue weighted by molar-refractivity contribution is -0.141. The molecular formula is C12H14BrNO2. The molecule has 86 valence electrons. The summed E-state index contributed by atoms with van der Waals surface area (Å²) in [7, 11) is 1.51. The lowest BCUT2D eigenvalue weighted by Crippen LogP contribution is -2.31. The second kappa shape index (κ2) is 5.80. The predicted octanol–water partition coefficient (Wildman–Crippen LogP) is 2.39. The summed E-state index contributed by atoms with van der Waals surface area (Å²) in [5.41, 5.74) is 1.09. The minimum Gasteiger partial charge on any atom is -0.286 e. The van der Waals surface area contributed by atoms with E-state index in [1.807, 2.05) is 24.3 Å². The Morgan fingerprint density at radius 2 is 1.81 bits per heavy atom. The summed E-state index contributed by atoms with van der Waals surface area (Å²) < 4.78 is 1.02. The molecule has 1 rings (SSSR count). The van der Waals surface area contributed by atoms with Gasteiger partial charge in [0.1, 0.15) is 0 Å². The molecule has 0 fully saturated rings. The van der Waals surface area contributed by atoms with Crippen LogP contribution in [0.15, 0.2) is 28.7 Å². The Balaban J connectivity index is 2.49. The van der Waals surface area contributed by atoms with Crippen LogP contribution >= 0.6 is 15.9 Å². The van der Waals surface area contributed by atoms with E-state index in [1.54, 1.807) is 0 Å². The number of benzene rings is 1. The van der Waals surface area contributed by atoms with E-state index in [-0.39, 0.29) is 11.8 Å². The van der Waals surface area contributed by atoms with Crippen molar-refractivity contribution in [1.29, 1.82) is 0 Å². The highest BCUT2D eigenvalue weighted by Crippen LogP contribution is 2.12. The number of carbonyl (C=O) groups is 2. The molecule has 0 unspecified atom stereocenters. The Bertz CT molecular complexity index is 387. The van der Waals surface area contributed by atoms with Gasteiger partial charge in [0.15, 0.2) is 0 Å². The standard InChI is InChI=1S/C12H14BrNO2/c1-9(15)14(2)12(16)8-5-10-3-6-11(13)7-4-10/h3-4,6-7H,5,8H2,1-2H3. The Morgan fingerprint density at radius 1 is 1.25 bits per heavy atom. The van der Waals surface area contributed by atoms with Crippen LogP contribution in [0, 0.1) is 0 Å². The maximum absolute atomic E-state index is 11.5. The number of hydrogen-bond donors (Lipinski definition) is 0. The van der Waals surface area contributed by atoms with E-state index in [0.717, 1.165) is 14.9 Å². The smallest absolute Gasteiger partial charge is 0.229 e. The first kappa shape index (κ1) is 12.9. The van der Waals surface area contributed by atoms with Gasteiger partial charge >= 0.3 is 0 Å². The third-order valence-corrected chi connectivity index (χ3v) is 2.92. The minimum atomic E-state index is -0.221. The van der Waals surface area contributed by atoms with E-state index in [1.165, 1.54) is 14.0 Å². The number of amides is 2. The maximum atomic E-state index is 11.5. The fourth-order valence-corrected chi connectivity index (χ4v) is 1.51. The first-order valence-electron chi connectivity index (χ1n) is 5.02. The van der Waals surface area contributed by atoms with Crippen LogP contribution < -0.4 is 0 Å². The van der Waals surface area contributed by atoms with Crippen LogP contribution in [0.25, 0.3) is 0 Å². The lowest BCUT2D eigenvalue weighted by Gasteiger charge is -2.12. The highest BCUT2D eigenvalue weighted by molar-refractivity contribution is 9.10. The molecule has 0 aromatic heterocycles. The molecule has 2 amide bonds. The number of nitrogens with zero attached hydrogens (tertiary/aromatic N) is 1. The fourth-order valence-electron chi connectivity index (χ4n) is 1.25. The van der Waals surface area contributed by atoms with Crippen LogP contribution in [0.4, 0.5) is 0 Å². The van der Waals surface area contributed by atoms with Crippen molar-refractivity contribution in [3.05, 3.63) is 34.3 Å². The first-order chi connectivity index (χ1) is 7.50. The van der Waals surface area contributed by atoms with Crippen molar-refractivity contribution in [2.24, 2.45) is 0 Å². The quantitative estimate of drug-likeness (QED) is 0.854. The van der Waals surface area contributed by atoms with Crippen LogP contribution in [0.5, 0.6) is 0 Å². The molecule has 0 bridgehead atoms. The highest BCUT2D eigenvalue weighted by atomic mass is 79.9. The number of halogens is 1. The molecule has 0 aliphatic heterocycles. The van der Waals surface area contributed by atoms with Crippen LogP contribution in [-0.2, 0) is 16.0 Å². The SMILES string of the molecule is CC(=O)N(C)C(=O)CCc1ccc(Br)cc1. The fraction of sp³-hybridized carbons (Fsp3) is 0.333. The topological polar surface area (TPSA) is 37.4 Å². The molecule has 0 aliphatic rings. The number of rotatable bonds is 3. The van der Waals surface area contributed by atoms with Gasteiger partial charge in [-0.2, -0.15) is 0 Å². The molecule has 0 radical (unpaired) electrons. The van der Waals surface area contributed by atoms with E-state index >= 15 is 0 Å². The molecule has 1 aromatic carbocycles. The van der Waals surface area contributed by atoms with Crippen LogP contribution in [0.1, 0.15) is 18.9 Å². The molecule has 0 heterocycles. The normalized spacial score (nSPS) is 9.94. The molecule has 0 saturated carbocycles. The minimum absolute atomic E-state index is 0.143. The Labute approximate surface area is 104 Å². The largest absolute Gasteiger partial charge is 0.286 e. The van der Waals surface area contributed by atoms with E-state index in [9.17, 15) is 9.59 Å². The van der Waals surface area contributed by atoms with Crippen molar-refractivity contribution in [2.75, 3.05) is 7.05 Å². The molecule has 0 spiro atoms. The average Bonchev–Trinajstić information content (AvgIpc) is 2.26. The van der Waals surface area contributed by atoms with Crippen molar-refractivity contribution in [3.8, 4) is 0 Å². The highest BCUT2D eigenvalue weighted by Gasteiger charge is 2.11. The number of hydrogen-bond acceptors (Lipinski definition) is 2. The predicted molar refractivity (Wildman–Crippen MR) is 65.9 cm³/mol. The molecule has 1 aromatic rings. The van der Waals surface area contributed by atoms with Gasteiger partial charge in [0.05, 0.1) is 0 Å². The van der Waals surface area contributed by atoms with E-state index in [4.69, 9.17) is 0 Å². The lowest BCUT2D eigenvalue weighted by atomic mass is 10.1. The third-order valence-electron chi connectivity index (χ3n) is 2.39. The van der Waals surface area contributed by atoms with E-state index in [2.05, 4.69) is 15.9 Å².